The zero-order valence-electron chi connectivity index (χ0n) is 12.8. The Labute approximate surface area is 126 Å². The molecule has 1 aliphatic carbocycles. The average molecular weight is 295 g/mol. The molecule has 0 bridgehead atoms. The summed E-state index contributed by atoms with van der Waals surface area (Å²) in [5.74, 6) is 1.41. The standard InChI is InChI=1S/C16H25NO4/c1-19-9-8-17-11-12-6-7-15(16(10-12)20-2)21-14-5-3-4-13(14)18/h6-7,10,13-14,17-18H,3-5,8-9,11H2,1-2H3. The summed E-state index contributed by atoms with van der Waals surface area (Å²) in [6, 6.07) is 5.90. The highest BCUT2D eigenvalue weighted by atomic mass is 16.5. The SMILES string of the molecule is COCCNCc1ccc(OC2CCCC2O)c(OC)c1. The van der Waals surface area contributed by atoms with E-state index in [1.54, 1.807) is 14.2 Å². The molecule has 2 atom stereocenters. The van der Waals surface area contributed by atoms with Crippen molar-refractivity contribution in [2.75, 3.05) is 27.4 Å². The molecule has 2 unspecified atom stereocenters. The molecule has 118 valence electrons. The highest BCUT2D eigenvalue weighted by molar-refractivity contribution is 5.43. The van der Waals surface area contributed by atoms with Crippen molar-refractivity contribution in [3.8, 4) is 11.5 Å². The van der Waals surface area contributed by atoms with Gasteiger partial charge in [0.15, 0.2) is 11.5 Å². The van der Waals surface area contributed by atoms with Crippen LogP contribution in [-0.2, 0) is 11.3 Å². The Hall–Kier alpha value is -1.30. The molecule has 2 rings (SSSR count). The third-order valence-corrected chi connectivity index (χ3v) is 3.74. The monoisotopic (exact) mass is 295 g/mol. The first-order valence-corrected chi connectivity index (χ1v) is 7.46. The number of rotatable bonds is 8. The lowest BCUT2D eigenvalue weighted by Gasteiger charge is -2.19. The fourth-order valence-electron chi connectivity index (χ4n) is 2.53. The summed E-state index contributed by atoms with van der Waals surface area (Å²) >= 11 is 0. The minimum atomic E-state index is -0.370. The van der Waals surface area contributed by atoms with Gasteiger partial charge in [-0.1, -0.05) is 6.07 Å². The van der Waals surface area contributed by atoms with Crippen molar-refractivity contribution < 1.29 is 19.3 Å². The Morgan fingerprint density at radius 1 is 1.24 bits per heavy atom. The van der Waals surface area contributed by atoms with Gasteiger partial charge in [-0.15, -0.1) is 0 Å². The van der Waals surface area contributed by atoms with Crippen LogP contribution in [0.5, 0.6) is 11.5 Å². The van der Waals surface area contributed by atoms with Crippen molar-refractivity contribution in [2.45, 2.75) is 38.0 Å². The predicted octanol–water partition coefficient (Wildman–Crippen LogP) is 1.72. The number of aliphatic hydroxyl groups is 1. The summed E-state index contributed by atoms with van der Waals surface area (Å²) in [5, 5.41) is 13.1. The van der Waals surface area contributed by atoms with Gasteiger partial charge >= 0.3 is 0 Å². The molecule has 5 nitrogen and oxygen atoms in total. The molecule has 0 saturated heterocycles. The van der Waals surface area contributed by atoms with Crippen LogP contribution in [0.15, 0.2) is 18.2 Å². The van der Waals surface area contributed by atoms with Crippen LogP contribution in [0.2, 0.25) is 0 Å². The van der Waals surface area contributed by atoms with Gasteiger partial charge in [0.2, 0.25) is 0 Å². The largest absolute Gasteiger partial charge is 0.493 e. The molecule has 21 heavy (non-hydrogen) atoms. The van der Waals surface area contributed by atoms with Crippen molar-refractivity contribution in [1.82, 2.24) is 5.32 Å². The average Bonchev–Trinajstić information content (AvgIpc) is 2.90. The summed E-state index contributed by atoms with van der Waals surface area (Å²) in [6.45, 7) is 2.26. The van der Waals surface area contributed by atoms with E-state index in [2.05, 4.69) is 5.32 Å². The molecule has 1 aromatic rings. The van der Waals surface area contributed by atoms with Gasteiger partial charge in [-0.25, -0.2) is 0 Å². The third-order valence-electron chi connectivity index (χ3n) is 3.74. The minimum absolute atomic E-state index is 0.121. The maximum absolute atomic E-state index is 9.85. The van der Waals surface area contributed by atoms with Crippen LogP contribution >= 0.6 is 0 Å². The van der Waals surface area contributed by atoms with Gasteiger partial charge in [0.1, 0.15) is 6.10 Å². The fourth-order valence-corrected chi connectivity index (χ4v) is 2.53. The highest BCUT2D eigenvalue weighted by Gasteiger charge is 2.27. The van der Waals surface area contributed by atoms with Crippen LogP contribution in [0, 0.1) is 0 Å². The van der Waals surface area contributed by atoms with Gasteiger partial charge < -0.3 is 24.6 Å². The molecular weight excluding hydrogens is 270 g/mol. The van der Waals surface area contributed by atoms with E-state index in [1.165, 1.54) is 0 Å². The van der Waals surface area contributed by atoms with E-state index in [1.807, 2.05) is 18.2 Å². The Morgan fingerprint density at radius 2 is 2.10 bits per heavy atom. The summed E-state index contributed by atoms with van der Waals surface area (Å²) < 4.78 is 16.3. The van der Waals surface area contributed by atoms with Crippen molar-refractivity contribution in [2.24, 2.45) is 0 Å². The molecule has 5 heteroatoms. The molecule has 0 heterocycles. The molecule has 0 spiro atoms. The van der Waals surface area contributed by atoms with Crippen LogP contribution in [0.1, 0.15) is 24.8 Å². The number of hydrogen-bond donors (Lipinski definition) is 2. The molecule has 0 amide bonds. The van der Waals surface area contributed by atoms with Crippen molar-refractivity contribution >= 4 is 0 Å². The lowest BCUT2D eigenvalue weighted by molar-refractivity contribution is 0.0586. The second-order valence-corrected chi connectivity index (χ2v) is 5.31. The molecule has 1 aliphatic rings. The van der Waals surface area contributed by atoms with Crippen LogP contribution in [-0.4, -0.2) is 44.7 Å². The quantitative estimate of drug-likeness (QED) is 0.715. The summed E-state index contributed by atoms with van der Waals surface area (Å²) in [4.78, 5) is 0. The number of aliphatic hydroxyl groups excluding tert-OH is 1. The van der Waals surface area contributed by atoms with Crippen molar-refractivity contribution in [3.63, 3.8) is 0 Å². The first kappa shape index (κ1) is 16.1. The zero-order chi connectivity index (χ0) is 15.1. The topological polar surface area (TPSA) is 60.0 Å². The lowest BCUT2D eigenvalue weighted by atomic mass is 10.2. The second kappa shape index (κ2) is 8.22. The Balaban J connectivity index is 1.95. The lowest BCUT2D eigenvalue weighted by Crippen LogP contribution is -2.25. The minimum Gasteiger partial charge on any atom is -0.493 e. The molecule has 1 saturated carbocycles. The Kier molecular flexibility index (Phi) is 6.29. The second-order valence-electron chi connectivity index (χ2n) is 5.31. The van der Waals surface area contributed by atoms with E-state index in [0.29, 0.717) is 18.1 Å². The molecule has 1 fully saturated rings. The van der Waals surface area contributed by atoms with E-state index < -0.39 is 0 Å². The molecular formula is C16H25NO4. The van der Waals surface area contributed by atoms with Crippen LogP contribution < -0.4 is 14.8 Å². The normalized spacial score (nSPS) is 21.5. The molecule has 0 aromatic heterocycles. The highest BCUT2D eigenvalue weighted by Crippen LogP contribution is 2.32. The smallest absolute Gasteiger partial charge is 0.161 e. The first-order valence-electron chi connectivity index (χ1n) is 7.46. The zero-order valence-corrected chi connectivity index (χ0v) is 12.8. The van der Waals surface area contributed by atoms with Crippen LogP contribution in [0.25, 0.3) is 0 Å². The van der Waals surface area contributed by atoms with Gasteiger partial charge in [-0.2, -0.15) is 0 Å². The van der Waals surface area contributed by atoms with Crippen LogP contribution in [0.3, 0.4) is 0 Å². The van der Waals surface area contributed by atoms with Crippen LogP contribution in [0.4, 0.5) is 0 Å². The summed E-state index contributed by atoms with van der Waals surface area (Å²) in [7, 11) is 3.32. The van der Waals surface area contributed by atoms with E-state index in [-0.39, 0.29) is 12.2 Å². The molecule has 0 aliphatic heterocycles. The van der Waals surface area contributed by atoms with Gasteiger partial charge in [-0.3, -0.25) is 0 Å². The van der Waals surface area contributed by atoms with Gasteiger partial charge in [-0.05, 0) is 37.0 Å². The number of benzene rings is 1. The van der Waals surface area contributed by atoms with Crippen molar-refractivity contribution in [3.05, 3.63) is 23.8 Å². The van der Waals surface area contributed by atoms with E-state index in [9.17, 15) is 5.11 Å². The number of nitrogens with one attached hydrogen (secondary N) is 1. The molecule has 0 radical (unpaired) electrons. The Bertz CT molecular complexity index is 438. The first-order chi connectivity index (χ1) is 10.2. The van der Waals surface area contributed by atoms with E-state index in [4.69, 9.17) is 14.2 Å². The maximum Gasteiger partial charge on any atom is 0.161 e. The summed E-state index contributed by atoms with van der Waals surface area (Å²) in [5.41, 5.74) is 1.13. The number of hydrogen-bond acceptors (Lipinski definition) is 5. The van der Waals surface area contributed by atoms with Gasteiger partial charge in [0.05, 0.1) is 19.8 Å². The number of ether oxygens (including phenoxy) is 3. The van der Waals surface area contributed by atoms with E-state index >= 15 is 0 Å². The number of methoxy groups -OCH3 is 2. The van der Waals surface area contributed by atoms with E-state index in [0.717, 1.165) is 37.9 Å². The van der Waals surface area contributed by atoms with Gasteiger partial charge in [0, 0.05) is 20.2 Å². The maximum atomic E-state index is 9.85. The summed E-state index contributed by atoms with van der Waals surface area (Å²) in [6.07, 6.45) is 2.23. The van der Waals surface area contributed by atoms with Gasteiger partial charge in [0.25, 0.3) is 0 Å². The fraction of sp³-hybridized carbons (Fsp3) is 0.625. The Morgan fingerprint density at radius 3 is 2.76 bits per heavy atom. The molecule has 2 N–H and O–H groups in total. The third kappa shape index (κ3) is 4.59. The predicted molar refractivity (Wildman–Crippen MR) is 80.9 cm³/mol. The molecule has 1 aromatic carbocycles. The van der Waals surface area contributed by atoms with Crippen molar-refractivity contribution in [1.29, 1.82) is 0 Å².